The second kappa shape index (κ2) is 4.31. The van der Waals surface area contributed by atoms with Gasteiger partial charge < -0.3 is 4.79 Å². The normalized spacial score (nSPS) is 29.6. The summed E-state index contributed by atoms with van der Waals surface area (Å²) in [6.07, 6.45) is 5.78. The van der Waals surface area contributed by atoms with Gasteiger partial charge in [-0.05, 0) is 37.4 Å². The van der Waals surface area contributed by atoms with Gasteiger partial charge in [0.2, 0.25) is 0 Å². The fourth-order valence-electron chi connectivity index (χ4n) is 1.60. The van der Waals surface area contributed by atoms with Gasteiger partial charge in [-0.3, -0.25) is 0 Å². The molecule has 1 heterocycles. The Balaban J connectivity index is 2.39. The van der Waals surface area contributed by atoms with Crippen molar-refractivity contribution < 1.29 is 4.79 Å². The lowest BCUT2D eigenvalue weighted by molar-refractivity contribution is -0.110. The Kier molecular flexibility index (Phi) is 3.63. The van der Waals surface area contributed by atoms with Crippen LogP contribution < -0.4 is 0 Å². The first kappa shape index (κ1) is 10.1. The number of hydrogen-bond acceptors (Lipinski definition) is 2. The van der Waals surface area contributed by atoms with E-state index in [0.29, 0.717) is 0 Å². The van der Waals surface area contributed by atoms with Gasteiger partial charge in [0.05, 0.1) is 4.75 Å². The van der Waals surface area contributed by atoms with Gasteiger partial charge in [0, 0.05) is 0 Å². The highest BCUT2D eigenvalue weighted by atomic mass is 32.2. The van der Waals surface area contributed by atoms with Crippen molar-refractivity contribution in [1.82, 2.24) is 0 Å². The maximum absolute atomic E-state index is 10.9. The van der Waals surface area contributed by atoms with Crippen molar-refractivity contribution in [2.75, 3.05) is 5.75 Å². The Morgan fingerprint density at radius 1 is 1.58 bits per heavy atom. The Bertz CT molecular complexity index is 148. The van der Waals surface area contributed by atoms with Crippen molar-refractivity contribution in [3.63, 3.8) is 0 Å². The summed E-state index contributed by atoms with van der Waals surface area (Å²) in [5, 5.41) is 0. The molecule has 0 aromatic heterocycles. The molecule has 0 aliphatic carbocycles. The molecule has 1 fully saturated rings. The summed E-state index contributed by atoms with van der Waals surface area (Å²) in [7, 11) is 0. The molecule has 0 aromatic carbocycles. The first-order valence-corrected chi connectivity index (χ1v) is 5.77. The van der Waals surface area contributed by atoms with Gasteiger partial charge in [-0.25, -0.2) is 0 Å². The summed E-state index contributed by atoms with van der Waals surface area (Å²) >= 11 is 1.86. The van der Waals surface area contributed by atoms with E-state index < -0.39 is 0 Å². The largest absolute Gasteiger partial charge is 0.302 e. The molecule has 0 radical (unpaired) electrons. The zero-order valence-electron chi connectivity index (χ0n) is 8.01. The molecule has 1 nitrogen and oxygen atoms in total. The molecule has 0 saturated carbocycles. The third kappa shape index (κ3) is 2.51. The van der Waals surface area contributed by atoms with E-state index in [4.69, 9.17) is 0 Å². The monoisotopic (exact) mass is 186 g/mol. The van der Waals surface area contributed by atoms with Crippen molar-refractivity contribution in [3.8, 4) is 0 Å². The SMILES string of the molecule is CC(C)CCC1(C=O)CCCS1. The van der Waals surface area contributed by atoms with Crippen LogP contribution in [-0.2, 0) is 4.79 Å². The van der Waals surface area contributed by atoms with E-state index in [2.05, 4.69) is 13.8 Å². The van der Waals surface area contributed by atoms with Gasteiger partial charge >= 0.3 is 0 Å². The Morgan fingerprint density at radius 3 is 2.75 bits per heavy atom. The lowest BCUT2D eigenvalue weighted by Gasteiger charge is -2.21. The second-order valence-corrected chi connectivity index (χ2v) is 5.58. The van der Waals surface area contributed by atoms with Crippen LogP contribution in [-0.4, -0.2) is 16.8 Å². The van der Waals surface area contributed by atoms with Gasteiger partial charge in [-0.15, -0.1) is 11.8 Å². The van der Waals surface area contributed by atoms with E-state index in [0.717, 1.165) is 18.8 Å². The summed E-state index contributed by atoms with van der Waals surface area (Å²) in [5.41, 5.74) is 0. The molecule has 1 aliphatic heterocycles. The third-order valence-corrected chi connectivity index (χ3v) is 4.07. The van der Waals surface area contributed by atoms with Crippen LogP contribution in [0.5, 0.6) is 0 Å². The summed E-state index contributed by atoms with van der Waals surface area (Å²) in [4.78, 5) is 10.9. The lowest BCUT2D eigenvalue weighted by Crippen LogP contribution is -2.23. The molecule has 0 spiro atoms. The lowest BCUT2D eigenvalue weighted by atomic mass is 9.95. The first-order valence-electron chi connectivity index (χ1n) is 4.79. The van der Waals surface area contributed by atoms with Crippen molar-refractivity contribution >= 4 is 18.0 Å². The fraction of sp³-hybridized carbons (Fsp3) is 0.900. The Morgan fingerprint density at radius 2 is 2.33 bits per heavy atom. The van der Waals surface area contributed by atoms with E-state index in [1.807, 2.05) is 11.8 Å². The van der Waals surface area contributed by atoms with E-state index >= 15 is 0 Å². The molecule has 1 unspecified atom stereocenters. The van der Waals surface area contributed by atoms with Gasteiger partial charge in [-0.1, -0.05) is 13.8 Å². The predicted octanol–water partition coefficient (Wildman–Crippen LogP) is 2.89. The maximum Gasteiger partial charge on any atom is 0.136 e. The van der Waals surface area contributed by atoms with Gasteiger partial charge in [0.1, 0.15) is 6.29 Å². The maximum atomic E-state index is 10.9. The molecule has 0 bridgehead atoms. The van der Waals surface area contributed by atoms with Crippen LogP contribution in [0.15, 0.2) is 0 Å². The minimum Gasteiger partial charge on any atom is -0.302 e. The average Bonchev–Trinajstić information content (AvgIpc) is 2.50. The van der Waals surface area contributed by atoms with Crippen molar-refractivity contribution in [2.24, 2.45) is 5.92 Å². The van der Waals surface area contributed by atoms with Crippen LogP contribution >= 0.6 is 11.8 Å². The average molecular weight is 186 g/mol. The van der Waals surface area contributed by atoms with Crippen LogP contribution in [0.2, 0.25) is 0 Å². The minimum atomic E-state index is 0.00424. The molecule has 0 amide bonds. The highest BCUT2D eigenvalue weighted by Crippen LogP contribution is 2.40. The van der Waals surface area contributed by atoms with Crippen LogP contribution in [0.3, 0.4) is 0 Å². The molecule has 70 valence electrons. The summed E-state index contributed by atoms with van der Waals surface area (Å²) in [6, 6.07) is 0. The van der Waals surface area contributed by atoms with E-state index in [9.17, 15) is 4.79 Å². The molecule has 1 atom stereocenters. The number of thioether (sulfide) groups is 1. The van der Waals surface area contributed by atoms with Gasteiger partial charge in [0.15, 0.2) is 0 Å². The Hall–Kier alpha value is 0.0200. The number of hydrogen-bond donors (Lipinski definition) is 0. The molecule has 1 aliphatic rings. The Labute approximate surface area is 79.3 Å². The molecule has 2 heteroatoms. The summed E-state index contributed by atoms with van der Waals surface area (Å²) in [6.45, 7) is 4.44. The zero-order valence-corrected chi connectivity index (χ0v) is 8.82. The topological polar surface area (TPSA) is 17.1 Å². The smallest absolute Gasteiger partial charge is 0.136 e. The van der Waals surface area contributed by atoms with Crippen molar-refractivity contribution in [1.29, 1.82) is 0 Å². The van der Waals surface area contributed by atoms with Gasteiger partial charge in [-0.2, -0.15) is 0 Å². The molecule has 0 aromatic rings. The fourth-order valence-corrected chi connectivity index (χ4v) is 2.92. The third-order valence-electron chi connectivity index (χ3n) is 2.49. The number of carbonyl (C=O) groups is 1. The zero-order chi connectivity index (χ0) is 9.03. The summed E-state index contributed by atoms with van der Waals surface area (Å²) in [5.74, 6) is 1.90. The van der Waals surface area contributed by atoms with Crippen molar-refractivity contribution in [3.05, 3.63) is 0 Å². The van der Waals surface area contributed by atoms with Crippen molar-refractivity contribution in [2.45, 2.75) is 44.3 Å². The highest BCUT2D eigenvalue weighted by molar-refractivity contribution is 8.01. The molecule has 0 N–H and O–H groups in total. The predicted molar refractivity (Wildman–Crippen MR) is 54.6 cm³/mol. The van der Waals surface area contributed by atoms with E-state index in [1.54, 1.807) is 0 Å². The standard InChI is InChI=1S/C10H18OS/c1-9(2)4-6-10(8-11)5-3-7-12-10/h8-9H,3-7H2,1-2H3. The van der Waals surface area contributed by atoms with E-state index in [-0.39, 0.29) is 4.75 Å². The molecule has 12 heavy (non-hydrogen) atoms. The highest BCUT2D eigenvalue weighted by Gasteiger charge is 2.33. The van der Waals surface area contributed by atoms with Crippen LogP contribution in [0.1, 0.15) is 39.5 Å². The molecule has 1 saturated heterocycles. The number of rotatable bonds is 4. The number of carbonyl (C=O) groups excluding carboxylic acids is 1. The molecule has 1 rings (SSSR count). The second-order valence-electron chi connectivity index (χ2n) is 4.07. The molecular formula is C10H18OS. The minimum absolute atomic E-state index is 0.00424. The molecular weight excluding hydrogens is 168 g/mol. The summed E-state index contributed by atoms with van der Waals surface area (Å²) < 4.78 is 0.00424. The van der Waals surface area contributed by atoms with Crippen LogP contribution in [0, 0.1) is 5.92 Å². The number of aldehydes is 1. The quantitative estimate of drug-likeness (QED) is 0.628. The first-order chi connectivity index (χ1) is 5.68. The van der Waals surface area contributed by atoms with Crippen LogP contribution in [0.4, 0.5) is 0 Å². The van der Waals surface area contributed by atoms with E-state index in [1.165, 1.54) is 24.9 Å². The van der Waals surface area contributed by atoms with Gasteiger partial charge in [0.25, 0.3) is 0 Å². The van der Waals surface area contributed by atoms with Crippen LogP contribution in [0.25, 0.3) is 0 Å².